The summed E-state index contributed by atoms with van der Waals surface area (Å²) in [6, 6.07) is 14.1. The molecule has 3 aromatic heterocycles. The summed E-state index contributed by atoms with van der Waals surface area (Å²) in [6.45, 7) is 4.92. The van der Waals surface area contributed by atoms with Gasteiger partial charge in [-0.1, -0.05) is 18.2 Å². The first-order valence-electron chi connectivity index (χ1n) is 8.44. The standard InChI is InChI=1S/C20H18N4OS/c1-3-24-16-7-5-4-6-14(16)11-17(24)20-22-15(12-26-20)19(25)23-18-10-13(2)8-9-21-18/h4-12H,3H2,1-2H3,(H,21,23,25). The van der Waals surface area contributed by atoms with Crippen molar-refractivity contribution in [3.8, 4) is 10.7 Å². The van der Waals surface area contributed by atoms with E-state index in [4.69, 9.17) is 0 Å². The van der Waals surface area contributed by atoms with Gasteiger partial charge in [0, 0.05) is 29.0 Å². The van der Waals surface area contributed by atoms with Crippen molar-refractivity contribution in [1.82, 2.24) is 14.5 Å². The van der Waals surface area contributed by atoms with Gasteiger partial charge in [0.1, 0.15) is 16.5 Å². The maximum Gasteiger partial charge on any atom is 0.276 e. The summed E-state index contributed by atoms with van der Waals surface area (Å²) in [6.07, 6.45) is 1.68. The summed E-state index contributed by atoms with van der Waals surface area (Å²) in [7, 11) is 0. The molecular weight excluding hydrogens is 344 g/mol. The number of carbonyl (C=O) groups is 1. The Morgan fingerprint density at radius 2 is 2.08 bits per heavy atom. The van der Waals surface area contributed by atoms with E-state index in [1.807, 2.05) is 31.2 Å². The molecule has 0 unspecified atom stereocenters. The van der Waals surface area contributed by atoms with Gasteiger partial charge >= 0.3 is 0 Å². The molecule has 1 amide bonds. The van der Waals surface area contributed by atoms with E-state index in [1.165, 1.54) is 22.2 Å². The molecule has 4 aromatic rings. The number of aryl methyl sites for hydroxylation is 2. The van der Waals surface area contributed by atoms with Gasteiger partial charge in [0.25, 0.3) is 5.91 Å². The molecule has 0 atom stereocenters. The fraction of sp³-hybridized carbons (Fsp3) is 0.150. The van der Waals surface area contributed by atoms with Crippen LogP contribution in [0.1, 0.15) is 23.0 Å². The first kappa shape index (κ1) is 16.5. The molecular formula is C20H18N4OS. The number of fused-ring (bicyclic) bond motifs is 1. The number of thiazole rings is 1. The summed E-state index contributed by atoms with van der Waals surface area (Å²) < 4.78 is 2.22. The maximum absolute atomic E-state index is 12.5. The lowest BCUT2D eigenvalue weighted by Crippen LogP contribution is -2.13. The summed E-state index contributed by atoms with van der Waals surface area (Å²) in [5, 5.41) is 6.61. The van der Waals surface area contributed by atoms with Gasteiger partial charge in [-0.2, -0.15) is 0 Å². The molecule has 0 aliphatic heterocycles. The van der Waals surface area contributed by atoms with Crippen molar-refractivity contribution in [2.24, 2.45) is 0 Å². The molecule has 0 saturated carbocycles. The van der Waals surface area contributed by atoms with Crippen LogP contribution in [0.4, 0.5) is 5.82 Å². The van der Waals surface area contributed by atoms with Crippen molar-refractivity contribution in [3.05, 3.63) is 65.3 Å². The third-order valence-corrected chi connectivity index (χ3v) is 5.10. The topological polar surface area (TPSA) is 59.8 Å². The van der Waals surface area contributed by atoms with Gasteiger partial charge in [-0.25, -0.2) is 9.97 Å². The highest BCUT2D eigenvalue weighted by Gasteiger charge is 2.16. The molecule has 1 aromatic carbocycles. The number of amides is 1. The Morgan fingerprint density at radius 3 is 2.88 bits per heavy atom. The van der Waals surface area contributed by atoms with E-state index in [2.05, 4.69) is 45.0 Å². The molecule has 0 aliphatic carbocycles. The number of aromatic nitrogens is 3. The SMILES string of the molecule is CCn1c(-c2nc(C(=O)Nc3cc(C)ccn3)cs2)cc2ccccc21. The van der Waals surface area contributed by atoms with Crippen molar-refractivity contribution in [1.29, 1.82) is 0 Å². The van der Waals surface area contributed by atoms with Crippen LogP contribution in [0.25, 0.3) is 21.6 Å². The van der Waals surface area contributed by atoms with E-state index >= 15 is 0 Å². The predicted molar refractivity (Wildman–Crippen MR) is 106 cm³/mol. The van der Waals surface area contributed by atoms with Crippen LogP contribution in [-0.2, 0) is 6.54 Å². The van der Waals surface area contributed by atoms with Crippen molar-refractivity contribution in [2.75, 3.05) is 5.32 Å². The number of anilines is 1. The van der Waals surface area contributed by atoms with Gasteiger partial charge in [-0.05, 0) is 43.7 Å². The highest BCUT2D eigenvalue weighted by molar-refractivity contribution is 7.13. The van der Waals surface area contributed by atoms with Gasteiger partial charge in [-0.3, -0.25) is 4.79 Å². The van der Waals surface area contributed by atoms with Gasteiger partial charge in [-0.15, -0.1) is 11.3 Å². The third-order valence-electron chi connectivity index (χ3n) is 4.24. The first-order chi connectivity index (χ1) is 12.7. The predicted octanol–water partition coefficient (Wildman–Crippen LogP) is 4.74. The monoisotopic (exact) mass is 362 g/mol. The Morgan fingerprint density at radius 1 is 1.23 bits per heavy atom. The van der Waals surface area contributed by atoms with Crippen LogP contribution in [0.3, 0.4) is 0 Å². The van der Waals surface area contributed by atoms with E-state index in [-0.39, 0.29) is 5.91 Å². The lowest BCUT2D eigenvalue weighted by atomic mass is 10.2. The quantitative estimate of drug-likeness (QED) is 0.570. The molecule has 0 aliphatic rings. The first-order valence-corrected chi connectivity index (χ1v) is 9.32. The van der Waals surface area contributed by atoms with Crippen LogP contribution < -0.4 is 5.32 Å². The largest absolute Gasteiger partial charge is 0.339 e. The van der Waals surface area contributed by atoms with E-state index in [9.17, 15) is 4.79 Å². The number of nitrogens with one attached hydrogen (secondary N) is 1. The number of pyridine rings is 1. The summed E-state index contributed by atoms with van der Waals surface area (Å²) in [4.78, 5) is 21.2. The zero-order chi connectivity index (χ0) is 18.1. The maximum atomic E-state index is 12.5. The molecule has 0 spiro atoms. The number of hydrogen-bond acceptors (Lipinski definition) is 4. The summed E-state index contributed by atoms with van der Waals surface area (Å²) >= 11 is 1.48. The number of benzene rings is 1. The minimum absolute atomic E-state index is 0.246. The van der Waals surface area contributed by atoms with Crippen LogP contribution in [0.5, 0.6) is 0 Å². The molecule has 1 N–H and O–H groups in total. The molecule has 130 valence electrons. The fourth-order valence-electron chi connectivity index (χ4n) is 3.01. The Hall–Kier alpha value is -2.99. The second-order valence-electron chi connectivity index (χ2n) is 6.04. The van der Waals surface area contributed by atoms with E-state index < -0.39 is 0 Å². The Bertz CT molecular complexity index is 1100. The Labute approximate surface area is 155 Å². The minimum atomic E-state index is -0.246. The molecule has 0 saturated heterocycles. The Balaban J connectivity index is 1.65. The van der Waals surface area contributed by atoms with Crippen LogP contribution in [0, 0.1) is 6.92 Å². The molecule has 26 heavy (non-hydrogen) atoms. The number of hydrogen-bond donors (Lipinski definition) is 1. The second-order valence-corrected chi connectivity index (χ2v) is 6.90. The number of para-hydroxylation sites is 1. The molecule has 4 rings (SSSR count). The van der Waals surface area contributed by atoms with E-state index in [0.29, 0.717) is 11.5 Å². The number of carbonyl (C=O) groups excluding carboxylic acids is 1. The lowest BCUT2D eigenvalue weighted by molar-refractivity contribution is 0.102. The molecule has 0 radical (unpaired) electrons. The van der Waals surface area contributed by atoms with Crippen LogP contribution in [0.2, 0.25) is 0 Å². The van der Waals surface area contributed by atoms with Gasteiger partial charge in [0.15, 0.2) is 0 Å². The zero-order valence-corrected chi connectivity index (χ0v) is 15.4. The smallest absolute Gasteiger partial charge is 0.276 e. The highest BCUT2D eigenvalue weighted by atomic mass is 32.1. The lowest BCUT2D eigenvalue weighted by Gasteiger charge is -2.05. The highest BCUT2D eigenvalue weighted by Crippen LogP contribution is 2.30. The van der Waals surface area contributed by atoms with Gasteiger partial charge in [0.2, 0.25) is 0 Å². The molecule has 6 heteroatoms. The average Bonchev–Trinajstić information content (AvgIpc) is 3.26. The fourth-order valence-corrected chi connectivity index (χ4v) is 3.83. The zero-order valence-electron chi connectivity index (χ0n) is 14.6. The molecule has 3 heterocycles. The van der Waals surface area contributed by atoms with Crippen LogP contribution >= 0.6 is 11.3 Å². The van der Waals surface area contributed by atoms with E-state index in [1.54, 1.807) is 11.6 Å². The molecule has 0 fully saturated rings. The molecule has 5 nitrogen and oxygen atoms in total. The Kier molecular flexibility index (Phi) is 4.26. The van der Waals surface area contributed by atoms with Gasteiger partial charge in [0.05, 0.1) is 5.69 Å². The van der Waals surface area contributed by atoms with Crippen molar-refractivity contribution < 1.29 is 4.79 Å². The minimum Gasteiger partial charge on any atom is -0.339 e. The van der Waals surface area contributed by atoms with Crippen molar-refractivity contribution >= 4 is 34.0 Å². The average molecular weight is 362 g/mol. The summed E-state index contributed by atoms with van der Waals surface area (Å²) in [5.41, 5.74) is 3.66. The van der Waals surface area contributed by atoms with Crippen LogP contribution in [0.15, 0.2) is 54.0 Å². The van der Waals surface area contributed by atoms with Gasteiger partial charge < -0.3 is 9.88 Å². The van der Waals surface area contributed by atoms with Crippen molar-refractivity contribution in [2.45, 2.75) is 20.4 Å². The second kappa shape index (κ2) is 6.72. The number of nitrogens with zero attached hydrogens (tertiary/aromatic N) is 3. The van der Waals surface area contributed by atoms with Crippen LogP contribution in [-0.4, -0.2) is 20.4 Å². The molecule has 0 bridgehead atoms. The van der Waals surface area contributed by atoms with Crippen molar-refractivity contribution in [3.63, 3.8) is 0 Å². The summed E-state index contributed by atoms with van der Waals surface area (Å²) in [5.74, 6) is 0.289. The third kappa shape index (κ3) is 2.99. The van der Waals surface area contributed by atoms with E-state index in [0.717, 1.165) is 22.8 Å². The normalized spacial score (nSPS) is 11.0. The number of rotatable bonds is 4.